The number of nitrogens with one attached hydrogen (secondary N) is 2. The minimum absolute atomic E-state index is 0.0962. The van der Waals surface area contributed by atoms with Crippen LogP contribution >= 0.6 is 23.2 Å². The molecule has 4 rings (SSSR count). The van der Waals surface area contributed by atoms with Gasteiger partial charge in [0.1, 0.15) is 5.75 Å². The van der Waals surface area contributed by atoms with E-state index in [0.717, 1.165) is 43.5 Å². The van der Waals surface area contributed by atoms with Gasteiger partial charge in [-0.3, -0.25) is 14.4 Å². The number of piperidine rings is 1. The Morgan fingerprint density at radius 1 is 1.06 bits per heavy atom. The maximum Gasteiger partial charge on any atom is 0.258 e. The van der Waals surface area contributed by atoms with Gasteiger partial charge in [-0.05, 0) is 61.6 Å². The zero-order valence-electron chi connectivity index (χ0n) is 18.3. The molecule has 2 heterocycles. The Morgan fingerprint density at radius 3 is 2.33 bits per heavy atom. The molecule has 1 unspecified atom stereocenters. The summed E-state index contributed by atoms with van der Waals surface area (Å²) in [5.41, 5.74) is 1.44. The van der Waals surface area contributed by atoms with Crippen LogP contribution in [0.25, 0.3) is 0 Å². The van der Waals surface area contributed by atoms with Crippen molar-refractivity contribution in [3.8, 4) is 5.75 Å². The van der Waals surface area contributed by atoms with Crippen LogP contribution in [0.3, 0.4) is 0 Å². The maximum atomic E-state index is 12.6. The average molecular weight is 512 g/mol. The van der Waals surface area contributed by atoms with Gasteiger partial charge in [0.15, 0.2) is 6.61 Å². The fraction of sp³-hybridized carbons (Fsp3) is 0.435. The Bertz CT molecular complexity index is 1100. The lowest BCUT2D eigenvalue weighted by Crippen LogP contribution is -2.50. The second-order valence-electron chi connectivity index (χ2n) is 8.72. The normalized spacial score (nSPS) is 22.7. The van der Waals surface area contributed by atoms with Crippen LogP contribution in [0.1, 0.15) is 31.2 Å². The van der Waals surface area contributed by atoms with E-state index in [9.17, 15) is 13.2 Å². The highest BCUT2D eigenvalue weighted by atomic mass is 35.5. The Labute approximate surface area is 204 Å². The number of hydrogen-bond donors (Lipinski definition) is 2. The van der Waals surface area contributed by atoms with E-state index in [1.54, 1.807) is 12.1 Å². The molecule has 0 aromatic heterocycles. The topological polar surface area (TPSA) is 87.7 Å². The highest BCUT2D eigenvalue weighted by Gasteiger charge is 2.40. The van der Waals surface area contributed by atoms with Gasteiger partial charge < -0.3 is 10.1 Å². The van der Waals surface area contributed by atoms with E-state index in [2.05, 4.69) is 27.1 Å². The zero-order valence-corrected chi connectivity index (χ0v) is 20.6. The molecule has 0 spiro atoms. The van der Waals surface area contributed by atoms with E-state index < -0.39 is 10.0 Å². The number of hydrogen-bond acceptors (Lipinski definition) is 5. The number of carbonyl (C=O) groups excluding carboxylic acids is 1. The minimum atomic E-state index is -3.51. The molecule has 2 fully saturated rings. The molecule has 2 aromatic carbocycles. The molecule has 2 N–H and O–H groups in total. The van der Waals surface area contributed by atoms with E-state index in [0.29, 0.717) is 17.1 Å². The summed E-state index contributed by atoms with van der Waals surface area (Å²) in [6.07, 6.45) is 5.10. The molecule has 0 radical (unpaired) electrons. The third kappa shape index (κ3) is 6.53. The first kappa shape index (κ1) is 24.1. The van der Waals surface area contributed by atoms with Crippen molar-refractivity contribution >= 4 is 44.8 Å². The van der Waals surface area contributed by atoms with Crippen LogP contribution in [-0.4, -0.2) is 50.2 Å². The second kappa shape index (κ2) is 10.1. The first-order valence-corrected chi connectivity index (χ1v) is 13.5. The van der Waals surface area contributed by atoms with E-state index in [1.165, 1.54) is 11.6 Å². The van der Waals surface area contributed by atoms with Crippen molar-refractivity contribution in [2.45, 2.75) is 50.4 Å². The van der Waals surface area contributed by atoms with E-state index >= 15 is 0 Å². The molecule has 0 aliphatic carbocycles. The molecular formula is C23H27Cl2N3O4S. The molecule has 7 nitrogen and oxygen atoms in total. The summed E-state index contributed by atoms with van der Waals surface area (Å²) in [7, 11) is -3.51. The number of fused-ring (bicyclic) bond motifs is 2. The van der Waals surface area contributed by atoms with Crippen molar-refractivity contribution in [1.82, 2.24) is 10.2 Å². The van der Waals surface area contributed by atoms with Gasteiger partial charge in [-0.2, -0.15) is 0 Å². The summed E-state index contributed by atoms with van der Waals surface area (Å²) in [6, 6.07) is 13.5. The summed E-state index contributed by atoms with van der Waals surface area (Å²) in [6.45, 7) is 0.684. The molecule has 10 heteroatoms. The number of carbonyl (C=O) groups is 1. The number of sulfonamides is 1. The van der Waals surface area contributed by atoms with E-state index in [1.807, 2.05) is 12.1 Å². The molecule has 3 atom stereocenters. The lowest BCUT2D eigenvalue weighted by molar-refractivity contribution is -0.124. The molecule has 33 heavy (non-hydrogen) atoms. The Hall–Kier alpha value is -2.00. The van der Waals surface area contributed by atoms with Crippen molar-refractivity contribution in [1.29, 1.82) is 0 Å². The summed E-state index contributed by atoms with van der Waals surface area (Å²) in [5, 5.41) is 4.19. The average Bonchev–Trinajstić information content (AvgIpc) is 2.96. The number of benzene rings is 2. The second-order valence-corrected chi connectivity index (χ2v) is 11.3. The van der Waals surface area contributed by atoms with E-state index in [-0.39, 0.29) is 30.0 Å². The summed E-state index contributed by atoms with van der Waals surface area (Å²) in [5.74, 6) is 0.0173. The molecular weight excluding hydrogens is 485 g/mol. The molecule has 2 aromatic rings. The fourth-order valence-electron chi connectivity index (χ4n) is 4.77. The maximum absolute atomic E-state index is 12.6. The molecule has 2 bridgehead atoms. The first-order chi connectivity index (χ1) is 15.7. The van der Waals surface area contributed by atoms with Crippen molar-refractivity contribution < 1.29 is 17.9 Å². The van der Waals surface area contributed by atoms with Gasteiger partial charge >= 0.3 is 0 Å². The molecule has 2 aliphatic heterocycles. The Kier molecular flexibility index (Phi) is 7.38. The summed E-state index contributed by atoms with van der Waals surface area (Å²) < 4.78 is 31.1. The van der Waals surface area contributed by atoms with Gasteiger partial charge in [0.2, 0.25) is 10.0 Å². The number of nitrogens with zero attached hydrogens (tertiary/aromatic N) is 1. The fourth-order valence-corrected chi connectivity index (χ4v) is 5.63. The van der Waals surface area contributed by atoms with E-state index in [4.69, 9.17) is 27.9 Å². The minimum Gasteiger partial charge on any atom is -0.482 e. The lowest BCUT2D eigenvalue weighted by Gasteiger charge is -2.39. The molecule has 1 amide bonds. The van der Waals surface area contributed by atoms with Crippen LogP contribution in [0.5, 0.6) is 5.75 Å². The van der Waals surface area contributed by atoms with Crippen molar-refractivity contribution in [3.63, 3.8) is 0 Å². The monoisotopic (exact) mass is 511 g/mol. The van der Waals surface area contributed by atoms with Crippen LogP contribution in [0.4, 0.5) is 5.69 Å². The van der Waals surface area contributed by atoms with Crippen LogP contribution < -0.4 is 14.8 Å². The predicted octanol–water partition coefficient (Wildman–Crippen LogP) is 4.06. The number of amides is 1. The standard InChI is InChI=1S/C23H27Cl2N3O4S/c1-33(30,31)27-21-10-17(25)6-9-22(21)32-14-23(29)26-18-11-19-7-8-20(12-18)28(19)13-15-2-4-16(24)5-3-15/h2-6,9-10,18-20,27H,7-8,11-14H2,1H3,(H,26,29)/t18?,19-,20+. The third-order valence-corrected chi connectivity index (χ3v) is 7.20. The van der Waals surface area contributed by atoms with Crippen LogP contribution in [0, 0.1) is 0 Å². The number of ether oxygens (including phenoxy) is 1. The van der Waals surface area contributed by atoms with Gasteiger partial charge in [0.05, 0.1) is 11.9 Å². The van der Waals surface area contributed by atoms with Gasteiger partial charge in [-0.1, -0.05) is 35.3 Å². The van der Waals surface area contributed by atoms with Gasteiger partial charge in [-0.25, -0.2) is 8.42 Å². The number of halogens is 2. The Balaban J connectivity index is 1.30. The zero-order chi connectivity index (χ0) is 23.6. The quantitative estimate of drug-likeness (QED) is 0.557. The highest BCUT2D eigenvalue weighted by Crippen LogP contribution is 2.37. The SMILES string of the molecule is CS(=O)(=O)Nc1cc(Cl)ccc1OCC(=O)NC1C[C@H]2CC[C@@H](C1)N2Cc1ccc(Cl)cc1. The molecule has 2 aliphatic rings. The smallest absolute Gasteiger partial charge is 0.258 e. The number of rotatable bonds is 8. The van der Waals surface area contributed by atoms with Gasteiger partial charge in [-0.15, -0.1) is 0 Å². The van der Waals surface area contributed by atoms with Crippen molar-refractivity contribution in [2.24, 2.45) is 0 Å². The number of anilines is 1. The highest BCUT2D eigenvalue weighted by molar-refractivity contribution is 7.92. The van der Waals surface area contributed by atoms with Crippen molar-refractivity contribution in [2.75, 3.05) is 17.6 Å². The summed E-state index contributed by atoms with van der Waals surface area (Å²) in [4.78, 5) is 15.1. The largest absolute Gasteiger partial charge is 0.482 e. The third-order valence-electron chi connectivity index (χ3n) is 6.12. The Morgan fingerprint density at radius 2 is 1.70 bits per heavy atom. The van der Waals surface area contributed by atoms with Crippen LogP contribution in [0.15, 0.2) is 42.5 Å². The van der Waals surface area contributed by atoms with Gasteiger partial charge in [0, 0.05) is 34.7 Å². The summed E-state index contributed by atoms with van der Waals surface area (Å²) >= 11 is 12.0. The first-order valence-electron chi connectivity index (χ1n) is 10.9. The van der Waals surface area contributed by atoms with Crippen LogP contribution in [0.2, 0.25) is 10.0 Å². The van der Waals surface area contributed by atoms with Crippen molar-refractivity contribution in [3.05, 3.63) is 58.1 Å². The lowest BCUT2D eigenvalue weighted by atomic mass is 9.96. The van der Waals surface area contributed by atoms with Crippen LogP contribution in [-0.2, 0) is 21.4 Å². The molecule has 0 saturated carbocycles. The molecule has 2 saturated heterocycles. The predicted molar refractivity (Wildman–Crippen MR) is 130 cm³/mol. The molecule has 178 valence electrons. The van der Waals surface area contributed by atoms with Gasteiger partial charge in [0.25, 0.3) is 5.91 Å².